The highest BCUT2D eigenvalue weighted by molar-refractivity contribution is 5.94. The number of amides is 1. The van der Waals surface area contributed by atoms with Crippen molar-refractivity contribution in [2.45, 2.75) is 38.5 Å². The van der Waals surface area contributed by atoms with Crippen molar-refractivity contribution >= 4 is 11.6 Å². The Morgan fingerprint density at radius 1 is 0.963 bits per heavy atom. The van der Waals surface area contributed by atoms with E-state index in [0.29, 0.717) is 5.92 Å². The van der Waals surface area contributed by atoms with E-state index in [2.05, 4.69) is 40.2 Å². The van der Waals surface area contributed by atoms with Crippen LogP contribution in [-0.4, -0.2) is 42.0 Å². The predicted molar refractivity (Wildman–Crippen MR) is 109 cm³/mol. The molecule has 1 aromatic heterocycles. The minimum atomic E-state index is 0.138. The second kappa shape index (κ2) is 8.55. The van der Waals surface area contributed by atoms with Crippen molar-refractivity contribution in [3.8, 4) is 0 Å². The van der Waals surface area contributed by atoms with Gasteiger partial charge in [0.15, 0.2) is 0 Å². The van der Waals surface area contributed by atoms with Gasteiger partial charge in [0.2, 0.25) is 0 Å². The van der Waals surface area contributed by atoms with Gasteiger partial charge in [-0.2, -0.15) is 0 Å². The molecular weight excluding hydrogens is 334 g/mol. The SMILES string of the molecule is O=C(c1cncc(N2CCCCC2)c1)N1CCC(Cc2ccccc2)CC1. The number of nitrogens with zero attached hydrogens (tertiary/aromatic N) is 3. The highest BCUT2D eigenvalue weighted by Crippen LogP contribution is 2.24. The lowest BCUT2D eigenvalue weighted by Crippen LogP contribution is -2.39. The summed E-state index contributed by atoms with van der Waals surface area (Å²) in [5.74, 6) is 0.814. The summed E-state index contributed by atoms with van der Waals surface area (Å²) < 4.78 is 0. The maximum absolute atomic E-state index is 13.0. The molecule has 1 amide bonds. The molecule has 0 spiro atoms. The van der Waals surface area contributed by atoms with Gasteiger partial charge in [-0.1, -0.05) is 30.3 Å². The molecule has 0 N–H and O–H groups in total. The molecule has 2 aromatic rings. The zero-order valence-corrected chi connectivity index (χ0v) is 16.0. The number of rotatable bonds is 4. The molecule has 27 heavy (non-hydrogen) atoms. The molecule has 2 aliphatic heterocycles. The molecule has 4 nitrogen and oxygen atoms in total. The molecule has 1 aromatic carbocycles. The van der Waals surface area contributed by atoms with Crippen LogP contribution >= 0.6 is 0 Å². The van der Waals surface area contributed by atoms with Crippen LogP contribution in [0.15, 0.2) is 48.8 Å². The summed E-state index contributed by atoms with van der Waals surface area (Å²) in [7, 11) is 0. The molecule has 0 atom stereocenters. The molecule has 2 aliphatic rings. The average molecular weight is 364 g/mol. The normalized spacial score (nSPS) is 18.5. The Balaban J connectivity index is 1.35. The van der Waals surface area contributed by atoms with E-state index in [0.717, 1.165) is 56.7 Å². The topological polar surface area (TPSA) is 36.4 Å². The number of hydrogen-bond donors (Lipinski definition) is 0. The van der Waals surface area contributed by atoms with Crippen LogP contribution in [0.1, 0.15) is 48.0 Å². The van der Waals surface area contributed by atoms with Gasteiger partial charge in [0.1, 0.15) is 0 Å². The molecule has 4 heteroatoms. The molecule has 2 saturated heterocycles. The predicted octanol–water partition coefficient (Wildman–Crippen LogP) is 4.17. The summed E-state index contributed by atoms with van der Waals surface area (Å²) in [6.45, 7) is 3.85. The van der Waals surface area contributed by atoms with E-state index < -0.39 is 0 Å². The number of carbonyl (C=O) groups excluding carboxylic acids is 1. The number of piperidine rings is 2. The zero-order chi connectivity index (χ0) is 18.5. The minimum Gasteiger partial charge on any atom is -0.370 e. The van der Waals surface area contributed by atoms with E-state index in [1.54, 1.807) is 6.20 Å². The smallest absolute Gasteiger partial charge is 0.255 e. The van der Waals surface area contributed by atoms with E-state index in [1.807, 2.05) is 17.2 Å². The molecule has 2 fully saturated rings. The van der Waals surface area contributed by atoms with Crippen LogP contribution in [0.5, 0.6) is 0 Å². The highest BCUT2D eigenvalue weighted by Gasteiger charge is 2.24. The van der Waals surface area contributed by atoms with Crippen LogP contribution in [0, 0.1) is 5.92 Å². The molecule has 0 aliphatic carbocycles. The lowest BCUT2D eigenvalue weighted by molar-refractivity contribution is 0.0690. The Morgan fingerprint density at radius 3 is 2.44 bits per heavy atom. The number of pyridine rings is 1. The van der Waals surface area contributed by atoms with Crippen LogP contribution in [0.4, 0.5) is 5.69 Å². The highest BCUT2D eigenvalue weighted by atomic mass is 16.2. The summed E-state index contributed by atoms with van der Waals surface area (Å²) in [5.41, 5.74) is 3.24. The lowest BCUT2D eigenvalue weighted by atomic mass is 9.90. The Bertz CT molecular complexity index is 747. The zero-order valence-electron chi connectivity index (χ0n) is 16.0. The third-order valence-corrected chi connectivity index (χ3v) is 5.96. The van der Waals surface area contributed by atoms with Gasteiger partial charge in [-0.15, -0.1) is 0 Å². The number of hydrogen-bond acceptors (Lipinski definition) is 3. The molecular formula is C23H29N3O. The van der Waals surface area contributed by atoms with Crippen molar-refractivity contribution in [1.82, 2.24) is 9.88 Å². The van der Waals surface area contributed by atoms with Gasteiger partial charge in [0, 0.05) is 32.4 Å². The third kappa shape index (κ3) is 4.49. The van der Waals surface area contributed by atoms with Crippen LogP contribution < -0.4 is 4.90 Å². The van der Waals surface area contributed by atoms with Gasteiger partial charge in [-0.05, 0) is 56.1 Å². The Kier molecular flexibility index (Phi) is 5.71. The maximum atomic E-state index is 13.0. The van der Waals surface area contributed by atoms with E-state index >= 15 is 0 Å². The number of aromatic nitrogens is 1. The van der Waals surface area contributed by atoms with Crippen LogP contribution in [0.2, 0.25) is 0 Å². The van der Waals surface area contributed by atoms with E-state index in [-0.39, 0.29) is 5.91 Å². The van der Waals surface area contributed by atoms with E-state index in [4.69, 9.17) is 0 Å². The van der Waals surface area contributed by atoms with Crippen molar-refractivity contribution in [3.05, 3.63) is 59.9 Å². The van der Waals surface area contributed by atoms with Gasteiger partial charge >= 0.3 is 0 Å². The fourth-order valence-electron chi connectivity index (χ4n) is 4.34. The quantitative estimate of drug-likeness (QED) is 0.818. The Labute approximate surface area is 162 Å². The second-order valence-corrected chi connectivity index (χ2v) is 7.90. The average Bonchev–Trinajstić information content (AvgIpc) is 2.75. The first-order valence-electron chi connectivity index (χ1n) is 10.3. The van der Waals surface area contributed by atoms with Crippen LogP contribution in [0.25, 0.3) is 0 Å². The summed E-state index contributed by atoms with van der Waals surface area (Å²) in [6, 6.07) is 12.7. The van der Waals surface area contributed by atoms with Crippen molar-refractivity contribution < 1.29 is 4.79 Å². The number of anilines is 1. The van der Waals surface area contributed by atoms with Gasteiger partial charge in [0.25, 0.3) is 5.91 Å². The molecule has 3 heterocycles. The van der Waals surface area contributed by atoms with Crippen molar-refractivity contribution in [3.63, 3.8) is 0 Å². The third-order valence-electron chi connectivity index (χ3n) is 5.96. The van der Waals surface area contributed by atoms with Gasteiger partial charge in [-0.3, -0.25) is 9.78 Å². The number of likely N-dealkylation sites (tertiary alicyclic amines) is 1. The first-order chi connectivity index (χ1) is 13.3. The van der Waals surface area contributed by atoms with E-state index in [1.165, 1.54) is 24.8 Å². The maximum Gasteiger partial charge on any atom is 0.255 e. The van der Waals surface area contributed by atoms with Crippen LogP contribution in [0.3, 0.4) is 0 Å². The Morgan fingerprint density at radius 2 is 1.70 bits per heavy atom. The second-order valence-electron chi connectivity index (χ2n) is 7.90. The first-order valence-corrected chi connectivity index (χ1v) is 10.3. The lowest BCUT2D eigenvalue weighted by Gasteiger charge is -2.32. The molecule has 0 unspecified atom stereocenters. The molecule has 0 bridgehead atoms. The standard InChI is InChI=1S/C23H29N3O/c27-23(21-16-22(18-24-17-21)25-11-5-2-6-12-25)26-13-9-20(10-14-26)15-19-7-3-1-4-8-19/h1,3-4,7-8,16-18,20H,2,5-6,9-15H2. The summed E-state index contributed by atoms with van der Waals surface area (Å²) in [4.78, 5) is 21.7. The first kappa shape index (κ1) is 18.0. The fraction of sp³-hybridized carbons (Fsp3) is 0.478. The summed E-state index contributed by atoms with van der Waals surface area (Å²) in [5, 5.41) is 0. The van der Waals surface area contributed by atoms with Crippen LogP contribution in [-0.2, 0) is 6.42 Å². The minimum absolute atomic E-state index is 0.138. The van der Waals surface area contributed by atoms with Crippen molar-refractivity contribution in [2.24, 2.45) is 5.92 Å². The Hall–Kier alpha value is -2.36. The van der Waals surface area contributed by atoms with E-state index in [9.17, 15) is 4.79 Å². The summed E-state index contributed by atoms with van der Waals surface area (Å²) >= 11 is 0. The fourth-order valence-corrected chi connectivity index (χ4v) is 4.34. The summed E-state index contributed by atoms with van der Waals surface area (Å²) in [6.07, 6.45) is 10.7. The molecule has 0 saturated carbocycles. The van der Waals surface area contributed by atoms with Gasteiger partial charge in [-0.25, -0.2) is 0 Å². The number of benzene rings is 1. The molecule has 4 rings (SSSR count). The molecule has 142 valence electrons. The molecule has 0 radical (unpaired) electrons. The monoisotopic (exact) mass is 363 g/mol. The van der Waals surface area contributed by atoms with Gasteiger partial charge < -0.3 is 9.80 Å². The van der Waals surface area contributed by atoms with Gasteiger partial charge in [0.05, 0.1) is 17.4 Å². The largest absolute Gasteiger partial charge is 0.370 e. The number of carbonyl (C=O) groups is 1. The van der Waals surface area contributed by atoms with Crippen molar-refractivity contribution in [2.75, 3.05) is 31.1 Å². The van der Waals surface area contributed by atoms with Crippen molar-refractivity contribution in [1.29, 1.82) is 0 Å².